The maximum absolute atomic E-state index is 13.1. The van der Waals surface area contributed by atoms with Crippen LogP contribution in [-0.2, 0) is 15.8 Å². The van der Waals surface area contributed by atoms with Crippen LogP contribution in [0.5, 0.6) is 11.5 Å². The number of alkyl halides is 3. The fraction of sp³-hybridized carbons (Fsp3) is 0.0800. The van der Waals surface area contributed by atoms with Crippen LogP contribution in [0.3, 0.4) is 0 Å². The highest BCUT2D eigenvalue weighted by atomic mass is 127. The Morgan fingerprint density at radius 3 is 2.42 bits per heavy atom. The van der Waals surface area contributed by atoms with Crippen molar-refractivity contribution in [2.75, 3.05) is 11.9 Å². The molecular weight excluding hydrogens is 734 g/mol. The summed E-state index contributed by atoms with van der Waals surface area (Å²) in [5.41, 5.74) is -1.45. The van der Waals surface area contributed by atoms with Crippen LogP contribution in [0.1, 0.15) is 11.1 Å². The van der Waals surface area contributed by atoms with Crippen molar-refractivity contribution in [3.8, 4) is 11.5 Å². The molecule has 0 bridgehead atoms. The Hall–Kier alpha value is -3.44. The second-order valence-electron chi connectivity index (χ2n) is 8.04. The minimum Gasteiger partial charge on any atom is -0.449 e. The first-order chi connectivity index (χ1) is 18.8. The van der Waals surface area contributed by atoms with Crippen molar-refractivity contribution in [1.29, 1.82) is 0 Å². The number of amides is 3. The van der Waals surface area contributed by atoms with Gasteiger partial charge in [0.2, 0.25) is 11.7 Å². The monoisotopic (exact) mass is 747 g/mol. The molecule has 40 heavy (non-hydrogen) atoms. The smallest absolute Gasteiger partial charge is 0.416 e. The number of anilines is 1. The molecule has 15 heteroatoms. The summed E-state index contributed by atoms with van der Waals surface area (Å²) in [7, 11) is 0. The molecule has 3 amide bonds. The number of nitro benzene ring substituents is 1. The second-order valence-corrected chi connectivity index (χ2v) is 11.2. The zero-order valence-electron chi connectivity index (χ0n) is 19.7. The molecule has 0 radical (unpaired) electrons. The summed E-state index contributed by atoms with van der Waals surface area (Å²) in [6.45, 7) is -0.534. The molecule has 9 nitrogen and oxygen atoms in total. The molecule has 1 N–H and O–H groups in total. The number of nitro groups is 1. The fourth-order valence-corrected chi connectivity index (χ4v) is 4.99. The van der Waals surface area contributed by atoms with Gasteiger partial charge >= 0.3 is 11.9 Å². The second kappa shape index (κ2) is 12.0. The van der Waals surface area contributed by atoms with Crippen LogP contribution in [-0.4, -0.2) is 33.4 Å². The van der Waals surface area contributed by atoms with Crippen molar-refractivity contribution < 1.29 is 37.2 Å². The number of rotatable bonds is 7. The summed E-state index contributed by atoms with van der Waals surface area (Å²) in [5.74, 6) is -1.84. The molecule has 1 heterocycles. The van der Waals surface area contributed by atoms with Gasteiger partial charge in [-0.25, -0.2) is 0 Å². The number of hydrogen-bond acceptors (Lipinski definition) is 7. The van der Waals surface area contributed by atoms with Gasteiger partial charge in [0.05, 0.1) is 15.4 Å². The maximum atomic E-state index is 13.1. The topological polar surface area (TPSA) is 119 Å². The van der Waals surface area contributed by atoms with Crippen molar-refractivity contribution >= 4 is 84.8 Å². The molecule has 4 rings (SSSR count). The molecule has 0 aliphatic carbocycles. The molecule has 0 atom stereocenters. The first-order valence-corrected chi connectivity index (χ1v) is 13.6. The Morgan fingerprint density at radius 2 is 1.77 bits per heavy atom. The van der Waals surface area contributed by atoms with Crippen LogP contribution in [0.15, 0.2) is 70.0 Å². The average Bonchev–Trinajstić information content (AvgIpc) is 3.13. The lowest BCUT2D eigenvalue weighted by Crippen LogP contribution is -2.36. The predicted octanol–water partition coefficient (Wildman–Crippen LogP) is 7.45. The van der Waals surface area contributed by atoms with E-state index in [-0.39, 0.29) is 16.2 Å². The summed E-state index contributed by atoms with van der Waals surface area (Å²) < 4.78 is 46.3. The highest BCUT2D eigenvalue weighted by molar-refractivity contribution is 14.1. The lowest BCUT2D eigenvalue weighted by molar-refractivity contribution is -0.385. The minimum absolute atomic E-state index is 0.0330. The van der Waals surface area contributed by atoms with E-state index in [1.165, 1.54) is 24.3 Å². The number of carbonyl (C=O) groups excluding carboxylic acids is 3. The number of nitrogens with zero attached hydrogens (tertiary/aromatic N) is 2. The Labute approximate surface area is 250 Å². The first kappa shape index (κ1) is 29.5. The lowest BCUT2D eigenvalue weighted by Gasteiger charge is -2.13. The van der Waals surface area contributed by atoms with Gasteiger partial charge in [-0.3, -0.25) is 29.4 Å². The summed E-state index contributed by atoms with van der Waals surface area (Å²) in [5, 5.41) is 13.4. The van der Waals surface area contributed by atoms with Crippen molar-refractivity contribution in [2.45, 2.75) is 6.18 Å². The number of ether oxygens (including phenoxy) is 1. The quantitative estimate of drug-likeness (QED) is 0.116. The van der Waals surface area contributed by atoms with Crippen molar-refractivity contribution in [3.63, 3.8) is 0 Å². The van der Waals surface area contributed by atoms with Gasteiger partial charge in [-0.15, -0.1) is 0 Å². The molecule has 1 aliphatic heterocycles. The zero-order chi connectivity index (χ0) is 29.2. The van der Waals surface area contributed by atoms with Crippen molar-refractivity contribution in [3.05, 3.63) is 94.9 Å². The summed E-state index contributed by atoms with van der Waals surface area (Å²) in [6.07, 6.45) is -3.51. The molecule has 3 aromatic carbocycles. The third-order valence-electron chi connectivity index (χ3n) is 5.26. The van der Waals surface area contributed by atoms with Crippen LogP contribution in [0.25, 0.3) is 6.08 Å². The van der Waals surface area contributed by atoms with E-state index in [1.54, 1.807) is 24.3 Å². The summed E-state index contributed by atoms with van der Waals surface area (Å²) in [6, 6.07) is 13.1. The number of halogens is 5. The van der Waals surface area contributed by atoms with Gasteiger partial charge in [0, 0.05) is 25.4 Å². The Morgan fingerprint density at radius 1 is 1.10 bits per heavy atom. The largest absolute Gasteiger partial charge is 0.449 e. The number of nitrogens with one attached hydrogen (secondary N) is 1. The van der Waals surface area contributed by atoms with Crippen LogP contribution in [0.4, 0.5) is 29.3 Å². The molecule has 3 aromatic rings. The minimum atomic E-state index is -4.80. The normalized spacial score (nSPS) is 14.5. The van der Waals surface area contributed by atoms with Crippen LogP contribution < -0.4 is 10.1 Å². The molecule has 0 saturated carbocycles. The zero-order valence-corrected chi connectivity index (χ0v) is 24.3. The standard InChI is InChI=1S/C25H14BrF3IN3O6S/c26-15-2-8-19(39-20-7-1-14(25(27,28)29)11-18(20)33(37)38)13(9-15)10-21-23(35)32(24(36)40-21)12-22(34)31-17-5-3-16(30)4-6-17/h1-11H,12H2,(H,31,34)/b21-10-. The van der Waals surface area contributed by atoms with Crippen LogP contribution in [0.2, 0.25) is 0 Å². The van der Waals surface area contributed by atoms with Crippen LogP contribution >= 0.6 is 50.3 Å². The Bertz CT molecular complexity index is 1570. The highest BCUT2D eigenvalue weighted by Crippen LogP contribution is 2.40. The predicted molar refractivity (Wildman–Crippen MR) is 153 cm³/mol. The third kappa shape index (κ3) is 7.00. The third-order valence-corrected chi connectivity index (χ3v) is 7.38. The van der Waals surface area contributed by atoms with E-state index in [0.717, 1.165) is 14.5 Å². The van der Waals surface area contributed by atoms with E-state index >= 15 is 0 Å². The van der Waals surface area contributed by atoms with E-state index in [1.807, 2.05) is 0 Å². The van der Waals surface area contributed by atoms with Crippen LogP contribution in [0, 0.1) is 13.7 Å². The van der Waals surface area contributed by atoms with Gasteiger partial charge in [0.1, 0.15) is 12.3 Å². The summed E-state index contributed by atoms with van der Waals surface area (Å²) in [4.78, 5) is 49.1. The molecule has 1 aliphatic rings. The number of benzene rings is 3. The van der Waals surface area contributed by atoms with E-state index < -0.39 is 51.7 Å². The Balaban J connectivity index is 1.58. The van der Waals surface area contributed by atoms with E-state index in [4.69, 9.17) is 4.74 Å². The highest BCUT2D eigenvalue weighted by Gasteiger charge is 2.37. The molecule has 1 fully saturated rings. The maximum Gasteiger partial charge on any atom is 0.416 e. The molecule has 0 aromatic heterocycles. The first-order valence-electron chi connectivity index (χ1n) is 11.0. The van der Waals surface area contributed by atoms with Gasteiger partial charge in [-0.2, -0.15) is 13.2 Å². The van der Waals surface area contributed by atoms with Gasteiger partial charge in [0.25, 0.3) is 11.1 Å². The number of hydrogen-bond donors (Lipinski definition) is 1. The SMILES string of the molecule is O=C(CN1C(=O)S/C(=C\c2cc(Br)ccc2Oc2ccc(C(F)(F)F)cc2[N+](=O)[O-])C1=O)Nc1ccc(I)cc1. The van der Waals surface area contributed by atoms with Gasteiger partial charge < -0.3 is 10.1 Å². The number of thioether (sulfide) groups is 1. The molecular formula is C25H14BrF3IN3O6S. The fourth-order valence-electron chi connectivity index (χ4n) is 3.42. The van der Waals surface area contributed by atoms with Gasteiger partial charge in [-0.05, 0) is 95.0 Å². The van der Waals surface area contributed by atoms with Crippen molar-refractivity contribution in [2.24, 2.45) is 0 Å². The molecule has 0 spiro atoms. The lowest BCUT2D eigenvalue weighted by atomic mass is 10.1. The van der Waals surface area contributed by atoms with E-state index in [9.17, 15) is 37.7 Å². The van der Waals surface area contributed by atoms with E-state index in [0.29, 0.717) is 34.1 Å². The number of imide groups is 1. The molecule has 206 valence electrons. The summed E-state index contributed by atoms with van der Waals surface area (Å²) >= 11 is 5.94. The van der Waals surface area contributed by atoms with Gasteiger partial charge in [0.15, 0.2) is 0 Å². The average molecular weight is 748 g/mol. The Kier molecular flexibility index (Phi) is 8.84. The van der Waals surface area contributed by atoms with Crippen molar-refractivity contribution in [1.82, 2.24) is 4.90 Å². The molecule has 1 saturated heterocycles. The molecule has 0 unspecified atom stereocenters. The van der Waals surface area contributed by atoms with Gasteiger partial charge in [-0.1, -0.05) is 15.9 Å². The number of carbonyl (C=O) groups is 3. The van der Waals surface area contributed by atoms with E-state index in [2.05, 4.69) is 43.8 Å².